The summed E-state index contributed by atoms with van der Waals surface area (Å²) in [6, 6.07) is 4.68. The molecular formula is C18H24N2O6S. The molecule has 1 atom stereocenters. The third-order valence-electron chi connectivity index (χ3n) is 5.21. The second-order valence-corrected chi connectivity index (χ2v) is 8.88. The minimum Gasteiger partial charge on any atom is -0.486 e. The predicted octanol–water partition coefficient (Wildman–Crippen LogP) is 0.717. The van der Waals surface area contributed by atoms with Crippen LogP contribution in [0.5, 0.6) is 11.5 Å². The highest BCUT2D eigenvalue weighted by atomic mass is 32.2. The first-order chi connectivity index (χ1) is 13.1. The van der Waals surface area contributed by atoms with Gasteiger partial charge in [0.1, 0.15) is 13.2 Å². The molecule has 1 aromatic rings. The van der Waals surface area contributed by atoms with Crippen molar-refractivity contribution in [2.45, 2.75) is 17.7 Å². The summed E-state index contributed by atoms with van der Waals surface area (Å²) < 4.78 is 43.9. The molecule has 27 heavy (non-hydrogen) atoms. The van der Waals surface area contributed by atoms with Crippen molar-refractivity contribution in [3.63, 3.8) is 0 Å². The first-order valence-corrected chi connectivity index (χ1v) is 10.8. The quantitative estimate of drug-likeness (QED) is 0.748. The number of amides is 1. The first kappa shape index (κ1) is 18.5. The van der Waals surface area contributed by atoms with Gasteiger partial charge in [0.05, 0.1) is 24.0 Å². The van der Waals surface area contributed by atoms with Crippen molar-refractivity contribution in [1.82, 2.24) is 9.21 Å². The van der Waals surface area contributed by atoms with Gasteiger partial charge in [0.25, 0.3) is 0 Å². The van der Waals surface area contributed by atoms with Gasteiger partial charge in [0.15, 0.2) is 11.5 Å². The number of carbonyl (C=O) groups excluding carboxylic acids is 1. The van der Waals surface area contributed by atoms with E-state index in [9.17, 15) is 13.2 Å². The lowest BCUT2D eigenvalue weighted by atomic mass is 9.98. The Balaban J connectivity index is 1.50. The zero-order chi connectivity index (χ0) is 18.9. The van der Waals surface area contributed by atoms with Crippen LogP contribution in [0.25, 0.3) is 0 Å². The Morgan fingerprint density at radius 3 is 2.52 bits per heavy atom. The Kier molecular flexibility index (Phi) is 5.25. The summed E-state index contributed by atoms with van der Waals surface area (Å²) in [5.41, 5.74) is 0. The highest BCUT2D eigenvalue weighted by molar-refractivity contribution is 7.89. The van der Waals surface area contributed by atoms with E-state index in [-0.39, 0.29) is 23.3 Å². The number of carbonyl (C=O) groups is 1. The van der Waals surface area contributed by atoms with Gasteiger partial charge in [-0.2, -0.15) is 4.31 Å². The molecule has 0 spiro atoms. The number of piperidine rings is 1. The van der Waals surface area contributed by atoms with Crippen molar-refractivity contribution >= 4 is 15.9 Å². The Labute approximate surface area is 159 Å². The number of nitrogens with zero attached hydrogens (tertiary/aromatic N) is 2. The second kappa shape index (κ2) is 7.65. The minimum atomic E-state index is -3.69. The molecule has 0 bridgehead atoms. The van der Waals surface area contributed by atoms with E-state index < -0.39 is 10.0 Å². The smallest absolute Gasteiger partial charge is 0.243 e. The minimum absolute atomic E-state index is 0.0281. The molecule has 3 aliphatic rings. The summed E-state index contributed by atoms with van der Waals surface area (Å²) >= 11 is 0. The Morgan fingerprint density at radius 2 is 1.74 bits per heavy atom. The predicted molar refractivity (Wildman–Crippen MR) is 96.3 cm³/mol. The van der Waals surface area contributed by atoms with Crippen LogP contribution in [0.2, 0.25) is 0 Å². The molecule has 2 fully saturated rings. The number of morpholine rings is 1. The number of sulfonamides is 1. The maximum absolute atomic E-state index is 13.1. The second-order valence-electron chi connectivity index (χ2n) is 6.95. The Bertz CT molecular complexity index is 806. The fraction of sp³-hybridized carbons (Fsp3) is 0.611. The number of benzene rings is 1. The lowest BCUT2D eigenvalue weighted by molar-refractivity contribution is -0.140. The van der Waals surface area contributed by atoms with Gasteiger partial charge in [-0.25, -0.2) is 8.42 Å². The molecule has 2 saturated heterocycles. The molecule has 3 aliphatic heterocycles. The zero-order valence-corrected chi connectivity index (χ0v) is 15.9. The van der Waals surface area contributed by atoms with Crippen LogP contribution in [0.1, 0.15) is 12.8 Å². The molecule has 8 nitrogen and oxygen atoms in total. The van der Waals surface area contributed by atoms with E-state index in [0.717, 1.165) is 0 Å². The van der Waals surface area contributed by atoms with Gasteiger partial charge in [-0.3, -0.25) is 4.79 Å². The van der Waals surface area contributed by atoms with Gasteiger partial charge in [-0.1, -0.05) is 0 Å². The van der Waals surface area contributed by atoms with E-state index in [1.165, 1.54) is 16.4 Å². The highest BCUT2D eigenvalue weighted by Gasteiger charge is 2.35. The largest absolute Gasteiger partial charge is 0.486 e. The Hall–Kier alpha value is -1.84. The van der Waals surface area contributed by atoms with Crippen LogP contribution in [-0.4, -0.2) is 76.1 Å². The van der Waals surface area contributed by atoms with Crippen LogP contribution in [0.3, 0.4) is 0 Å². The summed E-state index contributed by atoms with van der Waals surface area (Å²) in [5, 5.41) is 0. The maximum Gasteiger partial charge on any atom is 0.243 e. The van der Waals surface area contributed by atoms with Gasteiger partial charge in [-0.15, -0.1) is 0 Å². The van der Waals surface area contributed by atoms with Crippen LogP contribution in [0, 0.1) is 5.92 Å². The van der Waals surface area contributed by atoms with Crippen molar-refractivity contribution in [2.75, 3.05) is 52.6 Å². The number of hydrogen-bond donors (Lipinski definition) is 0. The average Bonchev–Trinajstić information content (AvgIpc) is 2.73. The average molecular weight is 396 g/mol. The molecular weight excluding hydrogens is 372 g/mol. The zero-order valence-electron chi connectivity index (χ0n) is 15.1. The van der Waals surface area contributed by atoms with Gasteiger partial charge in [-0.05, 0) is 25.0 Å². The molecule has 0 radical (unpaired) electrons. The molecule has 0 N–H and O–H groups in total. The number of rotatable bonds is 3. The molecule has 0 aromatic heterocycles. The van der Waals surface area contributed by atoms with Crippen LogP contribution in [0.15, 0.2) is 23.1 Å². The standard InChI is InChI=1S/C18H24N2O6S/c21-18(19-6-8-24-9-7-19)14-2-1-5-20(13-14)27(22,23)15-3-4-16-17(12-15)26-11-10-25-16/h3-4,12,14H,1-2,5-11,13H2. The van der Waals surface area contributed by atoms with E-state index >= 15 is 0 Å². The number of fused-ring (bicyclic) bond motifs is 1. The van der Waals surface area contributed by atoms with Crippen LogP contribution >= 0.6 is 0 Å². The summed E-state index contributed by atoms with van der Waals surface area (Å²) in [6.45, 7) is 3.72. The van der Waals surface area contributed by atoms with Crippen molar-refractivity contribution in [1.29, 1.82) is 0 Å². The normalized spacial score (nSPS) is 23.9. The molecule has 9 heteroatoms. The third kappa shape index (κ3) is 3.76. The topological polar surface area (TPSA) is 85.4 Å². The number of ether oxygens (including phenoxy) is 3. The summed E-state index contributed by atoms with van der Waals surface area (Å²) in [5.74, 6) is 0.726. The van der Waals surface area contributed by atoms with Crippen molar-refractivity contribution in [3.05, 3.63) is 18.2 Å². The van der Waals surface area contributed by atoms with Gasteiger partial charge in [0.2, 0.25) is 15.9 Å². The van der Waals surface area contributed by atoms with Crippen LogP contribution < -0.4 is 9.47 Å². The maximum atomic E-state index is 13.1. The lowest BCUT2D eigenvalue weighted by Crippen LogP contribution is -2.49. The molecule has 1 aromatic carbocycles. The summed E-state index contributed by atoms with van der Waals surface area (Å²) in [6.07, 6.45) is 1.38. The first-order valence-electron chi connectivity index (χ1n) is 9.32. The lowest BCUT2D eigenvalue weighted by Gasteiger charge is -2.35. The van der Waals surface area contributed by atoms with Crippen LogP contribution in [-0.2, 0) is 19.6 Å². The van der Waals surface area contributed by atoms with E-state index in [4.69, 9.17) is 14.2 Å². The molecule has 1 unspecified atom stereocenters. The molecule has 0 saturated carbocycles. The highest BCUT2D eigenvalue weighted by Crippen LogP contribution is 2.34. The SMILES string of the molecule is O=C(C1CCCN(S(=O)(=O)c2ccc3c(c2)OCCO3)C1)N1CCOCC1. The van der Waals surface area contributed by atoms with E-state index in [1.807, 2.05) is 0 Å². The third-order valence-corrected chi connectivity index (χ3v) is 7.07. The molecule has 4 rings (SSSR count). The molecule has 3 heterocycles. The van der Waals surface area contributed by atoms with Crippen molar-refractivity contribution in [3.8, 4) is 11.5 Å². The molecule has 0 aliphatic carbocycles. The van der Waals surface area contributed by atoms with Gasteiger partial charge in [0, 0.05) is 32.2 Å². The fourth-order valence-corrected chi connectivity index (χ4v) is 5.28. The molecule has 148 valence electrons. The van der Waals surface area contributed by atoms with Gasteiger partial charge >= 0.3 is 0 Å². The van der Waals surface area contributed by atoms with Crippen LogP contribution in [0.4, 0.5) is 0 Å². The molecule has 1 amide bonds. The summed E-state index contributed by atoms with van der Waals surface area (Å²) in [4.78, 5) is 14.7. The number of hydrogen-bond acceptors (Lipinski definition) is 6. The van der Waals surface area contributed by atoms with Crippen molar-refractivity contribution < 1.29 is 27.4 Å². The fourth-order valence-electron chi connectivity index (χ4n) is 3.74. The monoisotopic (exact) mass is 396 g/mol. The van der Waals surface area contributed by atoms with E-state index in [0.29, 0.717) is 70.4 Å². The summed E-state index contributed by atoms with van der Waals surface area (Å²) in [7, 11) is -3.69. The van der Waals surface area contributed by atoms with Gasteiger partial charge < -0.3 is 19.1 Å². The van der Waals surface area contributed by atoms with Crippen molar-refractivity contribution in [2.24, 2.45) is 5.92 Å². The van der Waals surface area contributed by atoms with E-state index in [1.54, 1.807) is 11.0 Å². The Morgan fingerprint density at radius 1 is 1.00 bits per heavy atom. The van der Waals surface area contributed by atoms with E-state index in [2.05, 4.69) is 0 Å².